The van der Waals surface area contributed by atoms with Crippen LogP contribution in [0.2, 0.25) is 5.02 Å². The van der Waals surface area contributed by atoms with Crippen LogP contribution in [-0.4, -0.2) is 44.0 Å². The normalized spacial score (nSPS) is 21.2. The Balaban J connectivity index is 1.45. The lowest BCUT2D eigenvalue weighted by Crippen LogP contribution is -3.19. The highest BCUT2D eigenvalue weighted by atomic mass is 35.5. The van der Waals surface area contributed by atoms with Gasteiger partial charge in [0.05, 0.1) is 23.3 Å². The van der Waals surface area contributed by atoms with Gasteiger partial charge in [-0.05, 0) is 24.3 Å². The Morgan fingerprint density at radius 3 is 2.59 bits per heavy atom. The van der Waals surface area contributed by atoms with Crippen molar-refractivity contribution in [1.29, 1.82) is 0 Å². The number of benzene rings is 1. The number of imide groups is 1. The first-order valence-corrected chi connectivity index (χ1v) is 9.30. The third-order valence-corrected chi connectivity index (χ3v) is 5.53. The van der Waals surface area contributed by atoms with Gasteiger partial charge in [-0.1, -0.05) is 17.7 Å². The van der Waals surface area contributed by atoms with E-state index in [1.165, 1.54) is 18.2 Å². The molecule has 1 aromatic heterocycles. The lowest BCUT2D eigenvalue weighted by Gasteiger charge is -2.31. The van der Waals surface area contributed by atoms with Crippen molar-refractivity contribution in [3.63, 3.8) is 0 Å². The van der Waals surface area contributed by atoms with Gasteiger partial charge in [0.15, 0.2) is 6.04 Å². The predicted molar refractivity (Wildman–Crippen MR) is 98.2 cm³/mol. The van der Waals surface area contributed by atoms with Crippen LogP contribution in [0.1, 0.15) is 6.42 Å². The Morgan fingerprint density at radius 2 is 1.93 bits per heavy atom. The molecule has 140 valence electrons. The fourth-order valence-electron chi connectivity index (χ4n) is 3.81. The van der Waals surface area contributed by atoms with Crippen LogP contribution in [0.5, 0.6) is 0 Å². The maximum Gasteiger partial charge on any atom is 0.292 e. The largest absolute Gasteiger partial charge is 0.318 e. The minimum atomic E-state index is -0.574. The molecular weight excluding hydrogens is 371 g/mol. The number of halogens is 2. The van der Waals surface area contributed by atoms with Crippen LogP contribution in [0.15, 0.2) is 42.6 Å². The van der Waals surface area contributed by atoms with E-state index in [-0.39, 0.29) is 23.3 Å². The second-order valence-electron chi connectivity index (χ2n) is 6.82. The molecule has 6 nitrogen and oxygen atoms in total. The molecule has 2 fully saturated rings. The summed E-state index contributed by atoms with van der Waals surface area (Å²) in [5.74, 6) is -0.0279. The molecule has 27 heavy (non-hydrogen) atoms. The summed E-state index contributed by atoms with van der Waals surface area (Å²) in [5, 5.41) is -0.100. The number of hydrogen-bond donors (Lipinski definition) is 1. The van der Waals surface area contributed by atoms with E-state index in [1.807, 2.05) is 24.4 Å². The van der Waals surface area contributed by atoms with E-state index in [1.54, 1.807) is 0 Å². The smallest absolute Gasteiger partial charge is 0.292 e. The molecule has 2 aliphatic heterocycles. The molecule has 2 aliphatic rings. The number of quaternary nitrogens is 1. The predicted octanol–water partition coefficient (Wildman–Crippen LogP) is 0.330. The molecule has 0 bridgehead atoms. The number of aromatic nitrogens is 1. The van der Waals surface area contributed by atoms with Crippen LogP contribution in [0, 0.1) is 5.82 Å². The minimum absolute atomic E-state index is 0.100. The molecule has 3 heterocycles. The molecular formula is C19H20ClFN4O2+2. The minimum Gasteiger partial charge on any atom is -0.318 e. The van der Waals surface area contributed by atoms with Gasteiger partial charge in [0.1, 0.15) is 32.0 Å². The zero-order chi connectivity index (χ0) is 19.0. The zero-order valence-electron chi connectivity index (χ0n) is 14.6. The maximum atomic E-state index is 13.4. The molecule has 0 aliphatic carbocycles. The van der Waals surface area contributed by atoms with Crippen molar-refractivity contribution in [3.8, 4) is 0 Å². The third kappa shape index (κ3) is 3.40. The number of carbonyl (C=O) groups excluding carboxylic acids is 2. The van der Waals surface area contributed by atoms with Gasteiger partial charge in [-0.2, -0.15) is 0 Å². The van der Waals surface area contributed by atoms with E-state index < -0.39 is 11.9 Å². The lowest BCUT2D eigenvalue weighted by molar-refractivity contribution is -0.915. The monoisotopic (exact) mass is 390 g/mol. The number of carbonyl (C=O) groups is 2. The number of aromatic amines is 1. The maximum absolute atomic E-state index is 13.4. The topological polar surface area (TPSA) is 59.2 Å². The number of nitrogens with one attached hydrogen (secondary N) is 2. The van der Waals surface area contributed by atoms with Crippen molar-refractivity contribution < 1.29 is 23.9 Å². The van der Waals surface area contributed by atoms with Gasteiger partial charge in [-0.3, -0.25) is 14.5 Å². The van der Waals surface area contributed by atoms with Gasteiger partial charge in [-0.25, -0.2) is 14.3 Å². The lowest BCUT2D eigenvalue weighted by atomic mass is 10.1. The summed E-state index contributed by atoms with van der Waals surface area (Å²) in [6.45, 7) is 3.14. The number of anilines is 2. The molecule has 0 saturated carbocycles. The fraction of sp³-hybridized carbons (Fsp3) is 0.316. The number of pyridine rings is 1. The number of rotatable bonds is 3. The molecule has 2 aromatic rings. The quantitative estimate of drug-likeness (QED) is 0.768. The van der Waals surface area contributed by atoms with Crippen molar-refractivity contribution in [1.82, 2.24) is 0 Å². The summed E-state index contributed by atoms with van der Waals surface area (Å²) in [6.07, 6.45) is 2.06. The van der Waals surface area contributed by atoms with Gasteiger partial charge in [0.2, 0.25) is 5.91 Å². The summed E-state index contributed by atoms with van der Waals surface area (Å²) in [6, 6.07) is 9.46. The molecule has 1 atom stereocenters. The first-order valence-electron chi connectivity index (χ1n) is 8.92. The standard InChI is InChI=1S/C19H18ClFN4O2/c20-14-11-13(4-5-15(14)21)25-18(26)12-16(19(25)27)23-7-9-24(10-8-23)17-3-1-2-6-22-17/h1-6,11,16H,7-10,12H2/p+2/t16-/m1/s1. The summed E-state index contributed by atoms with van der Waals surface area (Å²) in [5.41, 5.74) is 0.329. The van der Waals surface area contributed by atoms with E-state index >= 15 is 0 Å². The van der Waals surface area contributed by atoms with Crippen molar-refractivity contribution in [2.24, 2.45) is 0 Å². The van der Waals surface area contributed by atoms with E-state index in [0.29, 0.717) is 5.69 Å². The van der Waals surface area contributed by atoms with Gasteiger partial charge in [-0.15, -0.1) is 0 Å². The average Bonchev–Trinajstić information content (AvgIpc) is 2.99. The molecule has 0 spiro atoms. The summed E-state index contributed by atoms with van der Waals surface area (Å²) >= 11 is 5.81. The molecule has 2 N–H and O–H groups in total. The molecule has 0 unspecified atom stereocenters. The van der Waals surface area contributed by atoms with Crippen molar-refractivity contribution in [3.05, 3.63) is 53.4 Å². The summed E-state index contributed by atoms with van der Waals surface area (Å²) in [7, 11) is 0. The number of piperazine rings is 1. The number of nitrogens with zero attached hydrogens (tertiary/aromatic N) is 2. The second-order valence-corrected chi connectivity index (χ2v) is 7.22. The molecule has 2 amide bonds. The molecule has 1 aromatic carbocycles. The van der Waals surface area contributed by atoms with E-state index in [9.17, 15) is 14.0 Å². The molecule has 0 radical (unpaired) electrons. The average molecular weight is 391 g/mol. The fourth-order valence-corrected chi connectivity index (χ4v) is 3.98. The highest BCUT2D eigenvalue weighted by Gasteiger charge is 2.47. The van der Waals surface area contributed by atoms with Crippen LogP contribution < -0.4 is 19.7 Å². The van der Waals surface area contributed by atoms with Crippen LogP contribution in [0.4, 0.5) is 15.9 Å². The van der Waals surface area contributed by atoms with Gasteiger partial charge >= 0.3 is 0 Å². The van der Waals surface area contributed by atoms with Crippen LogP contribution >= 0.6 is 11.6 Å². The Hall–Kier alpha value is -2.51. The second kappa shape index (κ2) is 7.25. The number of hydrogen-bond acceptors (Lipinski definition) is 3. The number of amides is 2. The first kappa shape index (κ1) is 17.9. The Bertz CT molecular complexity index is 871. The van der Waals surface area contributed by atoms with E-state index in [0.717, 1.165) is 41.8 Å². The van der Waals surface area contributed by atoms with Gasteiger partial charge < -0.3 is 4.90 Å². The van der Waals surface area contributed by atoms with Crippen LogP contribution in [0.25, 0.3) is 0 Å². The van der Waals surface area contributed by atoms with E-state index in [2.05, 4.69) is 9.88 Å². The molecule has 8 heteroatoms. The van der Waals surface area contributed by atoms with E-state index in [4.69, 9.17) is 11.6 Å². The van der Waals surface area contributed by atoms with Crippen LogP contribution in [0.3, 0.4) is 0 Å². The van der Waals surface area contributed by atoms with Gasteiger partial charge in [0, 0.05) is 6.07 Å². The highest BCUT2D eigenvalue weighted by molar-refractivity contribution is 6.31. The zero-order valence-corrected chi connectivity index (χ0v) is 15.4. The Labute approximate surface area is 161 Å². The summed E-state index contributed by atoms with van der Waals surface area (Å²) < 4.78 is 13.4. The molecule has 4 rings (SSSR count). The first-order chi connectivity index (χ1) is 13.0. The van der Waals surface area contributed by atoms with Crippen molar-refractivity contribution in [2.45, 2.75) is 12.5 Å². The SMILES string of the molecule is O=C1C[C@@H]([NH+]2CCN(c3cccc[nH+]3)CC2)C(=O)N1c1ccc(F)c(Cl)c1. The third-order valence-electron chi connectivity index (χ3n) is 5.24. The Morgan fingerprint density at radius 1 is 1.15 bits per heavy atom. The number of H-pyrrole nitrogens is 1. The van der Waals surface area contributed by atoms with Crippen LogP contribution in [-0.2, 0) is 9.59 Å². The Kier molecular flexibility index (Phi) is 4.80. The van der Waals surface area contributed by atoms with Crippen molar-refractivity contribution >= 4 is 34.9 Å². The van der Waals surface area contributed by atoms with Crippen molar-refractivity contribution in [2.75, 3.05) is 36.0 Å². The van der Waals surface area contributed by atoms with Gasteiger partial charge in [0.25, 0.3) is 11.7 Å². The molecule has 2 saturated heterocycles. The highest BCUT2D eigenvalue weighted by Crippen LogP contribution is 2.26. The summed E-state index contributed by atoms with van der Waals surface area (Å²) in [4.78, 5) is 33.1.